The van der Waals surface area contributed by atoms with Gasteiger partial charge in [0.05, 0.1) is 26.3 Å². The maximum Gasteiger partial charge on any atom is 0.269 e. The van der Waals surface area contributed by atoms with Crippen molar-refractivity contribution in [3.63, 3.8) is 0 Å². The largest absolute Gasteiger partial charge is 0.493 e. The first-order chi connectivity index (χ1) is 11.4. The molecule has 0 N–H and O–H groups in total. The summed E-state index contributed by atoms with van der Waals surface area (Å²) in [5.74, 6) is 0.525. The van der Waals surface area contributed by atoms with Crippen LogP contribution in [0.15, 0.2) is 41.3 Å². The van der Waals surface area contributed by atoms with Crippen LogP contribution in [0.25, 0.3) is 0 Å². The summed E-state index contributed by atoms with van der Waals surface area (Å²) in [5, 5.41) is 0. The van der Waals surface area contributed by atoms with Crippen LogP contribution >= 0.6 is 0 Å². The number of methoxy groups -OCH3 is 2. The van der Waals surface area contributed by atoms with Gasteiger partial charge in [0.2, 0.25) is 0 Å². The summed E-state index contributed by atoms with van der Waals surface area (Å²) in [7, 11) is -0.800. The molecule has 0 atom stereocenters. The second kappa shape index (κ2) is 5.83. The maximum atomic E-state index is 12.6. The summed E-state index contributed by atoms with van der Waals surface area (Å²) in [5.41, 5.74) is 1.69. The number of amides is 1. The molecular formula is C17H17NO5S. The molecule has 7 heteroatoms. The summed E-state index contributed by atoms with van der Waals surface area (Å²) >= 11 is 0. The standard InChI is InChI=1S/C17H17NO5S/c1-11-8-14(22-2)15(23-3)9-12(11)10-18-17(19)13-6-4-5-7-16(13)24(18,20)21/h4-9H,10H2,1-3H3. The molecule has 0 aliphatic carbocycles. The van der Waals surface area contributed by atoms with E-state index in [1.54, 1.807) is 24.3 Å². The molecule has 1 heterocycles. The molecule has 0 saturated heterocycles. The van der Waals surface area contributed by atoms with Gasteiger partial charge in [-0.05, 0) is 42.3 Å². The quantitative estimate of drug-likeness (QED) is 0.849. The van der Waals surface area contributed by atoms with E-state index in [4.69, 9.17) is 9.47 Å². The first kappa shape index (κ1) is 16.3. The van der Waals surface area contributed by atoms with Crippen LogP contribution < -0.4 is 9.47 Å². The highest BCUT2D eigenvalue weighted by molar-refractivity contribution is 7.90. The summed E-state index contributed by atoms with van der Waals surface area (Å²) in [4.78, 5) is 12.5. The number of hydrogen-bond acceptors (Lipinski definition) is 5. The minimum absolute atomic E-state index is 0.0492. The molecule has 0 spiro atoms. The normalized spacial score (nSPS) is 15.3. The molecule has 0 radical (unpaired) electrons. The first-order valence-electron chi connectivity index (χ1n) is 7.27. The number of hydrogen-bond donors (Lipinski definition) is 0. The van der Waals surface area contributed by atoms with Crippen molar-refractivity contribution in [1.82, 2.24) is 4.31 Å². The van der Waals surface area contributed by atoms with Gasteiger partial charge in [-0.2, -0.15) is 0 Å². The molecule has 6 nitrogen and oxygen atoms in total. The van der Waals surface area contributed by atoms with Crippen LogP contribution in [-0.4, -0.2) is 32.8 Å². The van der Waals surface area contributed by atoms with E-state index in [9.17, 15) is 13.2 Å². The van der Waals surface area contributed by atoms with Gasteiger partial charge in [-0.1, -0.05) is 12.1 Å². The van der Waals surface area contributed by atoms with E-state index in [1.165, 1.54) is 26.4 Å². The molecule has 2 aromatic rings. The lowest BCUT2D eigenvalue weighted by molar-refractivity contribution is 0.0864. The van der Waals surface area contributed by atoms with Crippen molar-refractivity contribution in [2.75, 3.05) is 14.2 Å². The highest BCUT2D eigenvalue weighted by Crippen LogP contribution is 2.35. The molecule has 3 rings (SSSR count). The lowest BCUT2D eigenvalue weighted by Crippen LogP contribution is -2.29. The molecule has 0 saturated carbocycles. The Kier molecular flexibility index (Phi) is 3.96. The molecule has 0 fully saturated rings. The van der Waals surface area contributed by atoms with E-state index < -0.39 is 15.9 Å². The highest BCUT2D eigenvalue weighted by Gasteiger charge is 2.40. The minimum atomic E-state index is -3.83. The SMILES string of the molecule is COc1cc(C)c(CN2C(=O)c3ccccc3S2(=O)=O)cc1OC. The van der Waals surface area contributed by atoms with Gasteiger partial charge in [0, 0.05) is 0 Å². The number of aryl methyl sites for hydroxylation is 1. The Morgan fingerprint density at radius 3 is 2.29 bits per heavy atom. The first-order valence-corrected chi connectivity index (χ1v) is 8.71. The molecular weight excluding hydrogens is 330 g/mol. The summed E-state index contributed by atoms with van der Waals surface area (Å²) < 4.78 is 36.7. The van der Waals surface area contributed by atoms with E-state index in [1.807, 2.05) is 6.92 Å². The van der Waals surface area contributed by atoms with Gasteiger partial charge in [-0.25, -0.2) is 12.7 Å². The second-order valence-corrected chi connectivity index (χ2v) is 7.28. The number of ether oxygens (including phenoxy) is 2. The smallest absolute Gasteiger partial charge is 0.269 e. The Morgan fingerprint density at radius 2 is 1.67 bits per heavy atom. The van der Waals surface area contributed by atoms with Gasteiger partial charge < -0.3 is 9.47 Å². The van der Waals surface area contributed by atoms with E-state index in [0.29, 0.717) is 17.1 Å². The summed E-state index contributed by atoms with van der Waals surface area (Å²) in [6, 6.07) is 9.68. The third kappa shape index (κ3) is 2.41. The van der Waals surface area contributed by atoms with Crippen LogP contribution in [0.1, 0.15) is 21.5 Å². The maximum absolute atomic E-state index is 12.6. The predicted molar refractivity (Wildman–Crippen MR) is 87.8 cm³/mol. The molecule has 1 amide bonds. The fraction of sp³-hybridized carbons (Fsp3) is 0.235. The summed E-state index contributed by atoms with van der Waals surface area (Å²) in [6.45, 7) is 1.78. The topological polar surface area (TPSA) is 72.9 Å². The molecule has 24 heavy (non-hydrogen) atoms. The molecule has 0 unspecified atom stereocenters. The Morgan fingerprint density at radius 1 is 1.04 bits per heavy atom. The fourth-order valence-corrected chi connectivity index (χ4v) is 4.28. The van der Waals surface area contributed by atoms with E-state index in [0.717, 1.165) is 9.87 Å². The minimum Gasteiger partial charge on any atom is -0.493 e. The molecule has 1 aliphatic rings. The van der Waals surface area contributed by atoms with Crippen LogP contribution in [0.2, 0.25) is 0 Å². The van der Waals surface area contributed by atoms with Crippen LogP contribution in [0.5, 0.6) is 11.5 Å². The number of nitrogens with zero attached hydrogens (tertiary/aromatic N) is 1. The molecule has 0 bridgehead atoms. The number of rotatable bonds is 4. The van der Waals surface area contributed by atoms with Gasteiger partial charge in [0.25, 0.3) is 15.9 Å². The van der Waals surface area contributed by atoms with Gasteiger partial charge in [-0.3, -0.25) is 4.79 Å². The van der Waals surface area contributed by atoms with Crippen molar-refractivity contribution in [3.05, 3.63) is 53.1 Å². The number of benzene rings is 2. The van der Waals surface area contributed by atoms with Crippen molar-refractivity contribution in [3.8, 4) is 11.5 Å². The number of fused-ring (bicyclic) bond motifs is 1. The van der Waals surface area contributed by atoms with Crippen molar-refractivity contribution in [1.29, 1.82) is 0 Å². The Labute approximate surface area is 140 Å². The molecule has 1 aliphatic heterocycles. The van der Waals surface area contributed by atoms with Crippen LogP contribution in [-0.2, 0) is 16.6 Å². The van der Waals surface area contributed by atoms with Gasteiger partial charge in [-0.15, -0.1) is 0 Å². The fourth-order valence-electron chi connectivity index (χ4n) is 2.74. The van der Waals surface area contributed by atoms with Gasteiger partial charge >= 0.3 is 0 Å². The Bertz CT molecular complexity index is 921. The van der Waals surface area contributed by atoms with Gasteiger partial charge in [0.15, 0.2) is 11.5 Å². The zero-order valence-corrected chi connectivity index (χ0v) is 14.4. The molecule has 126 valence electrons. The highest BCUT2D eigenvalue weighted by atomic mass is 32.2. The average Bonchev–Trinajstić information content (AvgIpc) is 2.77. The van der Waals surface area contributed by atoms with Crippen LogP contribution in [0, 0.1) is 6.92 Å². The van der Waals surface area contributed by atoms with Crippen LogP contribution in [0.3, 0.4) is 0 Å². The van der Waals surface area contributed by atoms with Crippen LogP contribution in [0.4, 0.5) is 0 Å². The molecule has 0 aromatic heterocycles. The Hall–Kier alpha value is -2.54. The van der Waals surface area contributed by atoms with Crippen molar-refractivity contribution < 1.29 is 22.7 Å². The summed E-state index contributed by atoms with van der Waals surface area (Å²) in [6.07, 6.45) is 0. The number of sulfonamides is 1. The predicted octanol–water partition coefficient (Wildman–Crippen LogP) is 2.36. The number of carbonyl (C=O) groups is 1. The van der Waals surface area contributed by atoms with Gasteiger partial charge in [0.1, 0.15) is 4.90 Å². The third-order valence-corrected chi connectivity index (χ3v) is 5.86. The van der Waals surface area contributed by atoms with Crippen molar-refractivity contribution >= 4 is 15.9 Å². The second-order valence-electron chi connectivity index (χ2n) is 5.45. The zero-order chi connectivity index (χ0) is 17.5. The third-order valence-electron chi connectivity index (χ3n) is 4.07. The zero-order valence-electron chi connectivity index (χ0n) is 13.6. The van der Waals surface area contributed by atoms with E-state index in [2.05, 4.69) is 0 Å². The van der Waals surface area contributed by atoms with Crippen molar-refractivity contribution in [2.24, 2.45) is 0 Å². The molecule has 2 aromatic carbocycles. The van der Waals surface area contributed by atoms with E-state index in [-0.39, 0.29) is 17.0 Å². The lowest BCUT2D eigenvalue weighted by Gasteiger charge is -2.18. The Balaban J connectivity index is 2.03. The lowest BCUT2D eigenvalue weighted by atomic mass is 10.1. The van der Waals surface area contributed by atoms with E-state index >= 15 is 0 Å². The average molecular weight is 347 g/mol. The monoisotopic (exact) mass is 347 g/mol. The number of carbonyl (C=O) groups excluding carboxylic acids is 1. The van der Waals surface area contributed by atoms with Crippen molar-refractivity contribution in [2.45, 2.75) is 18.4 Å².